The zero-order valence-corrected chi connectivity index (χ0v) is 20.8. The molecule has 11 heteroatoms. The number of phenols is 1. The lowest BCUT2D eigenvalue weighted by Gasteiger charge is -2.25. The van der Waals surface area contributed by atoms with Crippen LogP contribution in [0.4, 0.5) is 0 Å². The summed E-state index contributed by atoms with van der Waals surface area (Å²) in [5.74, 6) is -2.40. The van der Waals surface area contributed by atoms with E-state index in [-0.39, 0.29) is 31.6 Å². The second-order valence-electron chi connectivity index (χ2n) is 8.13. The van der Waals surface area contributed by atoms with Crippen LogP contribution >= 0.6 is 11.8 Å². The van der Waals surface area contributed by atoms with Gasteiger partial charge in [-0.25, -0.2) is 4.79 Å². The summed E-state index contributed by atoms with van der Waals surface area (Å²) in [4.78, 5) is 50.0. The summed E-state index contributed by atoms with van der Waals surface area (Å²) in [5.41, 5.74) is 6.83. The number of carboxylic acid groups (broad SMARTS) is 1. The van der Waals surface area contributed by atoms with Crippen molar-refractivity contribution in [3.8, 4) is 5.75 Å². The van der Waals surface area contributed by atoms with Crippen LogP contribution in [0.3, 0.4) is 0 Å². The Bertz CT molecular complexity index is 1020. The number of nitrogens with two attached hydrogens (primary N) is 1. The maximum absolute atomic E-state index is 13.2. The maximum atomic E-state index is 13.2. The highest BCUT2D eigenvalue weighted by Gasteiger charge is 2.29. The molecule has 3 unspecified atom stereocenters. The van der Waals surface area contributed by atoms with Gasteiger partial charge in [-0.1, -0.05) is 42.5 Å². The normalized spacial score (nSPS) is 13.2. The molecule has 36 heavy (non-hydrogen) atoms. The fraction of sp³-hybridized carbons (Fsp3) is 0.360. The van der Waals surface area contributed by atoms with Crippen molar-refractivity contribution in [2.75, 3.05) is 18.6 Å². The van der Waals surface area contributed by atoms with Crippen molar-refractivity contribution in [1.82, 2.24) is 16.0 Å². The summed E-state index contributed by atoms with van der Waals surface area (Å²) >= 11 is 1.46. The van der Waals surface area contributed by atoms with Gasteiger partial charge in [-0.3, -0.25) is 14.4 Å². The van der Waals surface area contributed by atoms with Crippen LogP contribution in [0.2, 0.25) is 0 Å². The van der Waals surface area contributed by atoms with E-state index in [1.807, 2.05) is 12.3 Å². The van der Waals surface area contributed by atoms with Crippen LogP contribution in [-0.4, -0.2) is 70.6 Å². The number of carbonyl (C=O) groups excluding carboxylic acids is 3. The summed E-state index contributed by atoms with van der Waals surface area (Å²) in [7, 11) is 0. The number of hydrogen-bond acceptors (Lipinski definition) is 7. The number of aliphatic carboxylic acids is 1. The average molecular weight is 517 g/mol. The lowest BCUT2D eigenvalue weighted by atomic mass is 10.0. The standard InChI is InChI=1S/C25H32N4O6S/c1-36-12-11-19(25(34)35)28-24(33)21(13-16-5-3-2-4-6-16)29-23(32)20(27-22(31)15-26)14-17-7-9-18(30)10-8-17/h2-10,19-21,30H,11-15,26H2,1H3,(H,27,31)(H,28,33)(H,29,32)(H,34,35). The van der Waals surface area contributed by atoms with E-state index in [0.717, 1.165) is 5.56 Å². The van der Waals surface area contributed by atoms with E-state index in [9.17, 15) is 29.4 Å². The van der Waals surface area contributed by atoms with Crippen LogP contribution < -0.4 is 21.7 Å². The highest BCUT2D eigenvalue weighted by atomic mass is 32.2. The Balaban J connectivity index is 2.25. The highest BCUT2D eigenvalue weighted by Crippen LogP contribution is 2.12. The van der Waals surface area contributed by atoms with Gasteiger partial charge in [0.05, 0.1) is 6.54 Å². The van der Waals surface area contributed by atoms with Gasteiger partial charge >= 0.3 is 5.97 Å². The van der Waals surface area contributed by atoms with Crippen molar-refractivity contribution in [2.24, 2.45) is 5.73 Å². The summed E-state index contributed by atoms with van der Waals surface area (Å²) < 4.78 is 0. The maximum Gasteiger partial charge on any atom is 0.326 e. The Labute approximate surface area is 214 Å². The SMILES string of the molecule is CSCCC(NC(=O)C(Cc1ccccc1)NC(=O)C(Cc1ccc(O)cc1)NC(=O)CN)C(=O)O. The number of benzene rings is 2. The predicted molar refractivity (Wildman–Crippen MR) is 137 cm³/mol. The third kappa shape index (κ3) is 9.59. The first kappa shape index (κ1) is 28.7. The molecule has 10 nitrogen and oxygen atoms in total. The van der Waals surface area contributed by atoms with E-state index in [1.54, 1.807) is 36.4 Å². The molecule has 0 saturated carbocycles. The van der Waals surface area contributed by atoms with Gasteiger partial charge in [-0.05, 0) is 41.7 Å². The third-order valence-corrected chi connectivity index (χ3v) is 6.00. The molecule has 2 rings (SSSR count). The molecule has 2 aromatic carbocycles. The zero-order valence-electron chi connectivity index (χ0n) is 20.0. The van der Waals surface area contributed by atoms with Gasteiger partial charge in [-0.2, -0.15) is 11.8 Å². The minimum Gasteiger partial charge on any atom is -0.508 e. The quantitative estimate of drug-likeness (QED) is 0.210. The minimum absolute atomic E-state index is 0.0554. The third-order valence-electron chi connectivity index (χ3n) is 5.35. The molecule has 2 aromatic rings. The van der Waals surface area contributed by atoms with Gasteiger partial charge in [-0.15, -0.1) is 0 Å². The zero-order chi connectivity index (χ0) is 26.5. The van der Waals surface area contributed by atoms with Crippen LogP contribution in [0, 0.1) is 0 Å². The number of thioether (sulfide) groups is 1. The van der Waals surface area contributed by atoms with Crippen LogP contribution in [-0.2, 0) is 32.0 Å². The number of carbonyl (C=O) groups is 4. The smallest absolute Gasteiger partial charge is 0.326 e. The molecule has 0 aliphatic rings. The van der Waals surface area contributed by atoms with E-state index in [2.05, 4.69) is 16.0 Å². The first-order chi connectivity index (χ1) is 17.2. The van der Waals surface area contributed by atoms with E-state index >= 15 is 0 Å². The van der Waals surface area contributed by atoms with Crippen molar-refractivity contribution in [2.45, 2.75) is 37.4 Å². The van der Waals surface area contributed by atoms with Gasteiger partial charge in [0.1, 0.15) is 23.9 Å². The Hall–Kier alpha value is -3.57. The average Bonchev–Trinajstić information content (AvgIpc) is 2.87. The monoisotopic (exact) mass is 516 g/mol. The molecule has 0 saturated heterocycles. The topological polar surface area (TPSA) is 171 Å². The first-order valence-corrected chi connectivity index (χ1v) is 12.8. The largest absolute Gasteiger partial charge is 0.508 e. The molecule has 3 atom stereocenters. The number of rotatable bonds is 14. The molecular weight excluding hydrogens is 484 g/mol. The van der Waals surface area contributed by atoms with Crippen molar-refractivity contribution < 1.29 is 29.4 Å². The number of aromatic hydroxyl groups is 1. The van der Waals surface area contributed by atoms with Crippen molar-refractivity contribution in [1.29, 1.82) is 0 Å². The van der Waals surface area contributed by atoms with Gasteiger partial charge in [0.25, 0.3) is 0 Å². The number of carboxylic acids is 1. The molecule has 0 aliphatic heterocycles. The second-order valence-corrected chi connectivity index (χ2v) is 9.11. The number of hydrogen-bond donors (Lipinski definition) is 6. The summed E-state index contributed by atoms with van der Waals surface area (Å²) in [6, 6.07) is 11.9. The van der Waals surface area contributed by atoms with Crippen LogP contribution in [0.25, 0.3) is 0 Å². The Morgan fingerprint density at radius 3 is 1.89 bits per heavy atom. The predicted octanol–water partition coefficient (Wildman–Crippen LogP) is 0.428. The van der Waals surface area contributed by atoms with Gasteiger partial charge in [0, 0.05) is 12.8 Å². The fourth-order valence-corrected chi connectivity index (χ4v) is 3.90. The number of phenolic OH excluding ortho intramolecular Hbond substituents is 1. The Kier molecular flexibility index (Phi) is 11.7. The van der Waals surface area contributed by atoms with Crippen molar-refractivity contribution >= 4 is 35.5 Å². The number of amides is 3. The van der Waals surface area contributed by atoms with Crippen LogP contribution in [0.5, 0.6) is 5.75 Å². The Morgan fingerprint density at radius 1 is 0.833 bits per heavy atom. The molecule has 3 amide bonds. The molecule has 0 bridgehead atoms. The van der Waals surface area contributed by atoms with E-state index in [1.165, 1.54) is 23.9 Å². The molecule has 0 spiro atoms. The van der Waals surface area contributed by atoms with E-state index in [4.69, 9.17) is 5.73 Å². The molecule has 0 fully saturated rings. The highest BCUT2D eigenvalue weighted by molar-refractivity contribution is 7.98. The molecular formula is C25H32N4O6S. The molecule has 0 heterocycles. The lowest BCUT2D eigenvalue weighted by Crippen LogP contribution is -2.57. The fourth-order valence-electron chi connectivity index (χ4n) is 3.43. The first-order valence-electron chi connectivity index (χ1n) is 11.4. The summed E-state index contributed by atoms with van der Waals surface area (Å²) in [5, 5.41) is 26.8. The van der Waals surface area contributed by atoms with Crippen molar-refractivity contribution in [3.05, 3.63) is 65.7 Å². The van der Waals surface area contributed by atoms with Gasteiger partial charge < -0.3 is 31.9 Å². The lowest BCUT2D eigenvalue weighted by molar-refractivity contribution is -0.142. The second kappa shape index (κ2) is 14.7. The summed E-state index contributed by atoms with van der Waals surface area (Å²) in [6.07, 6.45) is 2.26. The van der Waals surface area contributed by atoms with Gasteiger partial charge in [0.15, 0.2) is 0 Å². The molecule has 0 aliphatic carbocycles. The van der Waals surface area contributed by atoms with E-state index < -0.39 is 41.8 Å². The summed E-state index contributed by atoms with van der Waals surface area (Å²) in [6.45, 7) is -0.330. The Morgan fingerprint density at radius 2 is 1.36 bits per heavy atom. The van der Waals surface area contributed by atoms with Crippen LogP contribution in [0.15, 0.2) is 54.6 Å². The van der Waals surface area contributed by atoms with E-state index in [0.29, 0.717) is 11.3 Å². The molecule has 0 radical (unpaired) electrons. The van der Waals surface area contributed by atoms with Crippen LogP contribution in [0.1, 0.15) is 17.5 Å². The number of nitrogens with one attached hydrogen (secondary N) is 3. The van der Waals surface area contributed by atoms with Crippen molar-refractivity contribution in [3.63, 3.8) is 0 Å². The minimum atomic E-state index is -1.16. The molecule has 194 valence electrons. The molecule has 7 N–H and O–H groups in total. The van der Waals surface area contributed by atoms with Gasteiger partial charge in [0.2, 0.25) is 17.7 Å². The molecule has 0 aromatic heterocycles.